The van der Waals surface area contributed by atoms with Crippen molar-refractivity contribution in [1.82, 2.24) is 5.32 Å². The number of carbonyl (C=O) groups excluding carboxylic acids is 1. The number of alkyl halides is 3. The Morgan fingerprint density at radius 3 is 2.35 bits per heavy atom. The molecule has 0 heterocycles. The molecule has 1 rings (SSSR count). The van der Waals surface area contributed by atoms with Crippen molar-refractivity contribution in [3.63, 3.8) is 0 Å². The Kier molecular flexibility index (Phi) is 6.51. The summed E-state index contributed by atoms with van der Waals surface area (Å²) in [5.41, 5.74) is 3.58. The first kappa shape index (κ1) is 19.2. The number of halogens is 5. The maximum absolute atomic E-state index is 12.8. The molecule has 20 heavy (non-hydrogen) atoms. The van der Waals surface area contributed by atoms with Gasteiger partial charge in [0.05, 0.1) is 11.1 Å². The van der Waals surface area contributed by atoms with Crippen LogP contribution in [0.1, 0.15) is 29.8 Å². The van der Waals surface area contributed by atoms with Gasteiger partial charge in [-0.1, -0.05) is 15.9 Å². The summed E-state index contributed by atoms with van der Waals surface area (Å²) in [5.74, 6) is -0.793. The minimum atomic E-state index is -4.59. The Morgan fingerprint density at radius 2 is 1.90 bits per heavy atom. The number of rotatable bonds is 3. The summed E-state index contributed by atoms with van der Waals surface area (Å²) >= 11 is 2.96. The lowest BCUT2D eigenvalue weighted by molar-refractivity contribution is -0.138. The number of nitrogens with two attached hydrogens (primary N) is 1. The Labute approximate surface area is 129 Å². The molecule has 114 valence electrons. The zero-order valence-corrected chi connectivity index (χ0v) is 13.2. The molecule has 1 amide bonds. The van der Waals surface area contributed by atoms with E-state index in [2.05, 4.69) is 21.2 Å². The molecule has 0 aliphatic rings. The third-order valence-electron chi connectivity index (χ3n) is 2.24. The molecule has 0 atom stereocenters. The maximum atomic E-state index is 12.8. The average molecular weight is 376 g/mol. The van der Waals surface area contributed by atoms with E-state index in [9.17, 15) is 18.0 Å². The van der Waals surface area contributed by atoms with Gasteiger partial charge in [0, 0.05) is 16.6 Å². The van der Waals surface area contributed by atoms with Gasteiger partial charge < -0.3 is 11.1 Å². The van der Waals surface area contributed by atoms with Gasteiger partial charge in [-0.2, -0.15) is 13.2 Å². The lowest BCUT2D eigenvalue weighted by Crippen LogP contribution is -2.45. The van der Waals surface area contributed by atoms with Gasteiger partial charge in [-0.05, 0) is 32.0 Å². The van der Waals surface area contributed by atoms with Gasteiger partial charge in [0.1, 0.15) is 0 Å². The maximum Gasteiger partial charge on any atom is 0.417 e. The molecule has 0 aliphatic carbocycles. The molecule has 3 nitrogen and oxygen atoms in total. The molecule has 1 aromatic carbocycles. The van der Waals surface area contributed by atoms with Crippen molar-refractivity contribution in [3.8, 4) is 0 Å². The molecule has 1 aromatic rings. The minimum absolute atomic E-state index is 0. The SMILES string of the molecule is CC(C)(N)CNC(=O)c1ccc(Br)cc1C(F)(F)F.Cl. The highest BCUT2D eigenvalue weighted by Crippen LogP contribution is 2.33. The number of nitrogens with one attached hydrogen (secondary N) is 1. The van der Waals surface area contributed by atoms with Crippen molar-refractivity contribution in [2.45, 2.75) is 25.6 Å². The third kappa shape index (κ3) is 5.68. The smallest absolute Gasteiger partial charge is 0.350 e. The van der Waals surface area contributed by atoms with Crippen molar-refractivity contribution >= 4 is 34.2 Å². The van der Waals surface area contributed by atoms with Crippen LogP contribution in [-0.2, 0) is 6.18 Å². The number of amides is 1. The van der Waals surface area contributed by atoms with E-state index in [-0.39, 0.29) is 23.4 Å². The summed E-state index contributed by atoms with van der Waals surface area (Å²) in [6.45, 7) is 3.41. The molecular weight excluding hydrogens is 360 g/mol. The summed E-state index contributed by atoms with van der Waals surface area (Å²) in [6.07, 6.45) is -4.59. The summed E-state index contributed by atoms with van der Waals surface area (Å²) in [5, 5.41) is 2.39. The van der Waals surface area contributed by atoms with Crippen LogP contribution < -0.4 is 11.1 Å². The van der Waals surface area contributed by atoms with Gasteiger partial charge in [-0.15, -0.1) is 12.4 Å². The Morgan fingerprint density at radius 1 is 1.35 bits per heavy atom. The fraction of sp³-hybridized carbons (Fsp3) is 0.417. The van der Waals surface area contributed by atoms with Crippen LogP contribution in [0.5, 0.6) is 0 Å². The molecule has 0 aliphatic heterocycles. The Balaban J connectivity index is 0.00000361. The number of hydrogen-bond donors (Lipinski definition) is 2. The molecule has 0 spiro atoms. The summed E-state index contributed by atoms with van der Waals surface area (Å²) < 4.78 is 38.8. The highest BCUT2D eigenvalue weighted by atomic mass is 79.9. The van der Waals surface area contributed by atoms with Gasteiger partial charge in [-0.25, -0.2) is 0 Å². The fourth-order valence-corrected chi connectivity index (χ4v) is 1.71. The van der Waals surface area contributed by atoms with Crippen LogP contribution >= 0.6 is 28.3 Å². The first-order chi connectivity index (χ1) is 8.50. The minimum Gasteiger partial charge on any atom is -0.350 e. The van der Waals surface area contributed by atoms with Crippen LogP contribution in [0.3, 0.4) is 0 Å². The van der Waals surface area contributed by atoms with Crippen LogP contribution in [0.4, 0.5) is 13.2 Å². The predicted octanol–water partition coefficient (Wildman–Crippen LogP) is 3.36. The second-order valence-electron chi connectivity index (χ2n) is 4.86. The topological polar surface area (TPSA) is 55.1 Å². The van der Waals surface area contributed by atoms with Gasteiger partial charge in [0.2, 0.25) is 0 Å². The van der Waals surface area contributed by atoms with E-state index in [0.29, 0.717) is 0 Å². The van der Waals surface area contributed by atoms with Crippen LogP contribution in [-0.4, -0.2) is 18.0 Å². The quantitative estimate of drug-likeness (QED) is 0.851. The predicted molar refractivity (Wildman–Crippen MR) is 77.0 cm³/mol. The molecule has 0 bridgehead atoms. The van der Waals surface area contributed by atoms with Crippen molar-refractivity contribution in [1.29, 1.82) is 0 Å². The molecule has 0 saturated heterocycles. The monoisotopic (exact) mass is 374 g/mol. The van der Waals surface area contributed by atoms with Crippen LogP contribution in [0.25, 0.3) is 0 Å². The van der Waals surface area contributed by atoms with Gasteiger partial charge in [-0.3, -0.25) is 4.79 Å². The first-order valence-electron chi connectivity index (χ1n) is 5.44. The highest BCUT2D eigenvalue weighted by Gasteiger charge is 2.35. The standard InChI is InChI=1S/C12H14BrF3N2O.ClH/c1-11(2,17)6-18-10(19)8-4-3-7(13)5-9(8)12(14,15)16;/h3-5H,6,17H2,1-2H3,(H,18,19);1H. The van der Waals surface area contributed by atoms with E-state index in [4.69, 9.17) is 5.73 Å². The molecular formula is C12H15BrClF3N2O. The molecule has 0 aromatic heterocycles. The second kappa shape index (κ2) is 6.78. The van der Waals surface area contributed by atoms with E-state index in [1.807, 2.05) is 0 Å². The largest absolute Gasteiger partial charge is 0.417 e. The van der Waals surface area contributed by atoms with E-state index >= 15 is 0 Å². The summed E-state index contributed by atoms with van der Waals surface area (Å²) in [7, 11) is 0. The lowest BCUT2D eigenvalue weighted by Gasteiger charge is -2.20. The van der Waals surface area contributed by atoms with Crippen molar-refractivity contribution in [2.24, 2.45) is 5.73 Å². The molecule has 3 N–H and O–H groups in total. The van der Waals surface area contributed by atoms with Crippen molar-refractivity contribution in [3.05, 3.63) is 33.8 Å². The van der Waals surface area contributed by atoms with Crippen LogP contribution in [0.2, 0.25) is 0 Å². The van der Waals surface area contributed by atoms with E-state index in [1.165, 1.54) is 6.07 Å². The van der Waals surface area contributed by atoms with Crippen LogP contribution in [0, 0.1) is 0 Å². The van der Waals surface area contributed by atoms with E-state index in [1.54, 1.807) is 13.8 Å². The van der Waals surface area contributed by atoms with Crippen LogP contribution in [0.15, 0.2) is 22.7 Å². The fourth-order valence-electron chi connectivity index (χ4n) is 1.35. The molecule has 0 saturated carbocycles. The van der Waals surface area contributed by atoms with Gasteiger partial charge in [0.15, 0.2) is 0 Å². The molecule has 0 unspecified atom stereocenters. The van der Waals surface area contributed by atoms with Gasteiger partial charge in [0.25, 0.3) is 5.91 Å². The molecule has 0 fully saturated rings. The number of hydrogen-bond acceptors (Lipinski definition) is 2. The third-order valence-corrected chi connectivity index (χ3v) is 2.73. The summed E-state index contributed by atoms with van der Waals surface area (Å²) in [4.78, 5) is 11.8. The molecule has 0 radical (unpaired) electrons. The van der Waals surface area contributed by atoms with Crippen molar-refractivity contribution in [2.75, 3.05) is 6.54 Å². The zero-order chi connectivity index (χ0) is 14.8. The number of benzene rings is 1. The highest BCUT2D eigenvalue weighted by molar-refractivity contribution is 9.10. The molecule has 8 heteroatoms. The first-order valence-corrected chi connectivity index (χ1v) is 6.24. The Bertz CT molecular complexity index is 487. The summed E-state index contributed by atoms with van der Waals surface area (Å²) in [6, 6.07) is 3.39. The van der Waals surface area contributed by atoms with Gasteiger partial charge >= 0.3 is 6.18 Å². The zero-order valence-electron chi connectivity index (χ0n) is 10.8. The Hall–Kier alpha value is -0.790. The lowest BCUT2D eigenvalue weighted by atomic mass is 10.0. The van der Waals surface area contributed by atoms with E-state index < -0.39 is 28.7 Å². The second-order valence-corrected chi connectivity index (χ2v) is 5.77. The average Bonchev–Trinajstić information content (AvgIpc) is 2.23. The van der Waals surface area contributed by atoms with Crippen molar-refractivity contribution < 1.29 is 18.0 Å². The normalized spacial score (nSPS) is 11.8. The number of carbonyl (C=O) groups is 1. The van der Waals surface area contributed by atoms with E-state index in [0.717, 1.165) is 12.1 Å².